The molecular formula is C17H19NO. The maximum Gasteiger partial charge on any atom is 0.164 e. The molecule has 0 aliphatic heterocycles. The molecule has 19 heavy (non-hydrogen) atoms. The number of nitrogens with zero attached hydrogens (tertiary/aromatic N) is 1. The number of hydrogen-bond acceptors (Lipinski definition) is 2. The fourth-order valence-electron chi connectivity index (χ4n) is 2.06. The smallest absolute Gasteiger partial charge is 0.164 e. The summed E-state index contributed by atoms with van der Waals surface area (Å²) in [5.41, 5.74) is 2.93. The third-order valence-electron chi connectivity index (χ3n) is 3.10. The van der Waals surface area contributed by atoms with Gasteiger partial charge in [0.15, 0.2) is 5.78 Å². The lowest BCUT2D eigenvalue weighted by Crippen LogP contribution is -2.17. The molecule has 2 aromatic carbocycles. The molecule has 0 aromatic heterocycles. The van der Waals surface area contributed by atoms with Crippen molar-refractivity contribution in [3.8, 4) is 11.1 Å². The predicted molar refractivity (Wildman–Crippen MR) is 79.4 cm³/mol. The van der Waals surface area contributed by atoms with Crippen LogP contribution in [0.4, 0.5) is 0 Å². The first-order valence-electron chi connectivity index (χ1n) is 6.51. The highest BCUT2D eigenvalue weighted by Gasteiger charge is 2.12. The molecule has 2 nitrogen and oxygen atoms in total. The van der Waals surface area contributed by atoms with Crippen molar-refractivity contribution in [2.75, 3.05) is 20.6 Å². The lowest BCUT2D eigenvalue weighted by molar-refractivity contribution is 0.0973. The first-order valence-corrected chi connectivity index (χ1v) is 6.51. The van der Waals surface area contributed by atoms with Gasteiger partial charge in [0.25, 0.3) is 0 Å². The number of Topliss-reactive ketones (excluding diaryl/α,β-unsaturated/α-hetero) is 1. The maximum atomic E-state index is 12.3. The quantitative estimate of drug-likeness (QED) is 0.760. The summed E-state index contributed by atoms with van der Waals surface area (Å²) in [6, 6.07) is 17.9. The van der Waals surface area contributed by atoms with Gasteiger partial charge in [-0.3, -0.25) is 4.79 Å². The SMILES string of the molecule is CN(C)CCC(=O)c1ccccc1-c1ccccc1. The van der Waals surface area contributed by atoms with Crippen LogP contribution >= 0.6 is 0 Å². The topological polar surface area (TPSA) is 20.3 Å². The number of carbonyl (C=O) groups is 1. The van der Waals surface area contributed by atoms with Crippen LogP contribution in [0.3, 0.4) is 0 Å². The fourth-order valence-corrected chi connectivity index (χ4v) is 2.06. The standard InChI is InChI=1S/C17H19NO/c1-18(2)13-12-17(19)16-11-7-6-10-15(16)14-8-4-3-5-9-14/h3-11H,12-13H2,1-2H3. The molecule has 0 heterocycles. The van der Waals surface area contributed by atoms with E-state index >= 15 is 0 Å². The van der Waals surface area contributed by atoms with Gasteiger partial charge in [-0.05, 0) is 25.2 Å². The molecule has 0 saturated carbocycles. The summed E-state index contributed by atoms with van der Waals surface area (Å²) >= 11 is 0. The van der Waals surface area contributed by atoms with Crippen molar-refractivity contribution in [3.05, 3.63) is 60.2 Å². The predicted octanol–water partition coefficient (Wildman–Crippen LogP) is 3.49. The van der Waals surface area contributed by atoms with Crippen molar-refractivity contribution in [2.24, 2.45) is 0 Å². The van der Waals surface area contributed by atoms with Gasteiger partial charge in [-0.25, -0.2) is 0 Å². The van der Waals surface area contributed by atoms with Crippen molar-refractivity contribution < 1.29 is 4.79 Å². The van der Waals surface area contributed by atoms with Crippen LogP contribution < -0.4 is 0 Å². The normalized spacial score (nSPS) is 10.7. The fraction of sp³-hybridized carbons (Fsp3) is 0.235. The second kappa shape index (κ2) is 6.30. The van der Waals surface area contributed by atoms with Crippen LogP contribution in [0.2, 0.25) is 0 Å². The van der Waals surface area contributed by atoms with Gasteiger partial charge < -0.3 is 4.90 Å². The van der Waals surface area contributed by atoms with Crippen LogP contribution in [0, 0.1) is 0 Å². The second-order valence-electron chi connectivity index (χ2n) is 4.89. The number of ketones is 1. The Kier molecular flexibility index (Phi) is 4.48. The summed E-state index contributed by atoms with van der Waals surface area (Å²) in [6.45, 7) is 0.780. The Balaban J connectivity index is 2.29. The molecule has 0 radical (unpaired) electrons. The van der Waals surface area contributed by atoms with Crippen LogP contribution in [0.15, 0.2) is 54.6 Å². The Morgan fingerprint density at radius 2 is 1.58 bits per heavy atom. The van der Waals surface area contributed by atoms with E-state index in [0.29, 0.717) is 6.42 Å². The lowest BCUT2D eigenvalue weighted by atomic mass is 9.96. The third-order valence-corrected chi connectivity index (χ3v) is 3.10. The number of rotatable bonds is 5. The molecule has 0 saturated heterocycles. The van der Waals surface area contributed by atoms with Crippen molar-refractivity contribution in [3.63, 3.8) is 0 Å². The monoisotopic (exact) mass is 253 g/mol. The van der Waals surface area contributed by atoms with E-state index < -0.39 is 0 Å². The Bertz CT molecular complexity index is 546. The molecule has 98 valence electrons. The van der Waals surface area contributed by atoms with Crippen molar-refractivity contribution >= 4 is 5.78 Å². The summed E-state index contributed by atoms with van der Waals surface area (Å²) in [7, 11) is 3.97. The van der Waals surface area contributed by atoms with E-state index in [4.69, 9.17) is 0 Å². The minimum atomic E-state index is 0.202. The second-order valence-corrected chi connectivity index (χ2v) is 4.89. The number of benzene rings is 2. The third kappa shape index (κ3) is 3.52. The average Bonchev–Trinajstić information content (AvgIpc) is 2.45. The largest absolute Gasteiger partial charge is 0.309 e. The highest BCUT2D eigenvalue weighted by Crippen LogP contribution is 2.24. The van der Waals surface area contributed by atoms with Crippen LogP contribution in [0.25, 0.3) is 11.1 Å². The lowest BCUT2D eigenvalue weighted by Gasteiger charge is -2.11. The first kappa shape index (κ1) is 13.5. The van der Waals surface area contributed by atoms with Gasteiger partial charge >= 0.3 is 0 Å². The van der Waals surface area contributed by atoms with Gasteiger partial charge in [-0.15, -0.1) is 0 Å². The van der Waals surface area contributed by atoms with Crippen LogP contribution in [0.5, 0.6) is 0 Å². The summed E-state index contributed by atoms with van der Waals surface area (Å²) in [4.78, 5) is 14.3. The van der Waals surface area contributed by atoms with E-state index in [1.165, 1.54) is 0 Å². The summed E-state index contributed by atoms with van der Waals surface area (Å²) in [5.74, 6) is 0.202. The van der Waals surface area contributed by atoms with Gasteiger partial charge in [0.2, 0.25) is 0 Å². The summed E-state index contributed by atoms with van der Waals surface area (Å²) < 4.78 is 0. The maximum absolute atomic E-state index is 12.3. The molecule has 0 spiro atoms. The highest BCUT2D eigenvalue weighted by molar-refractivity contribution is 6.02. The molecule has 0 aliphatic rings. The zero-order valence-electron chi connectivity index (χ0n) is 11.5. The van der Waals surface area contributed by atoms with Crippen molar-refractivity contribution in [1.82, 2.24) is 4.90 Å². The summed E-state index contributed by atoms with van der Waals surface area (Å²) in [5, 5.41) is 0. The molecule has 0 N–H and O–H groups in total. The summed E-state index contributed by atoms with van der Waals surface area (Å²) in [6.07, 6.45) is 0.552. The molecule has 2 aromatic rings. The van der Waals surface area contributed by atoms with E-state index in [0.717, 1.165) is 23.2 Å². The van der Waals surface area contributed by atoms with E-state index in [-0.39, 0.29) is 5.78 Å². The Labute approximate surface area is 114 Å². The molecule has 2 heteroatoms. The number of hydrogen-bond donors (Lipinski definition) is 0. The van der Waals surface area contributed by atoms with Gasteiger partial charge in [0, 0.05) is 18.5 Å². The molecular weight excluding hydrogens is 234 g/mol. The Morgan fingerprint density at radius 1 is 0.947 bits per heavy atom. The average molecular weight is 253 g/mol. The van der Waals surface area contributed by atoms with Crippen molar-refractivity contribution in [2.45, 2.75) is 6.42 Å². The van der Waals surface area contributed by atoms with Gasteiger partial charge in [0.1, 0.15) is 0 Å². The zero-order valence-corrected chi connectivity index (χ0v) is 11.5. The van der Waals surface area contributed by atoms with Crippen LogP contribution in [0.1, 0.15) is 16.8 Å². The molecule has 0 atom stereocenters. The minimum absolute atomic E-state index is 0.202. The van der Waals surface area contributed by atoms with Gasteiger partial charge in [-0.2, -0.15) is 0 Å². The van der Waals surface area contributed by atoms with Gasteiger partial charge in [0.05, 0.1) is 0 Å². The number of carbonyl (C=O) groups excluding carboxylic acids is 1. The molecule has 0 fully saturated rings. The van der Waals surface area contributed by atoms with Crippen LogP contribution in [-0.2, 0) is 0 Å². The molecule has 0 amide bonds. The molecule has 0 bridgehead atoms. The highest BCUT2D eigenvalue weighted by atomic mass is 16.1. The Hall–Kier alpha value is -1.93. The van der Waals surface area contributed by atoms with Gasteiger partial charge in [-0.1, -0.05) is 54.6 Å². The van der Waals surface area contributed by atoms with E-state index in [1.54, 1.807) is 0 Å². The molecule has 0 aliphatic carbocycles. The molecule has 0 unspecified atom stereocenters. The van der Waals surface area contributed by atoms with E-state index in [1.807, 2.05) is 73.6 Å². The zero-order chi connectivity index (χ0) is 13.7. The van der Waals surface area contributed by atoms with E-state index in [9.17, 15) is 4.79 Å². The first-order chi connectivity index (χ1) is 9.18. The minimum Gasteiger partial charge on any atom is -0.309 e. The Morgan fingerprint density at radius 3 is 2.26 bits per heavy atom. The van der Waals surface area contributed by atoms with E-state index in [2.05, 4.69) is 0 Å². The van der Waals surface area contributed by atoms with Crippen LogP contribution in [-0.4, -0.2) is 31.3 Å². The van der Waals surface area contributed by atoms with Crippen molar-refractivity contribution in [1.29, 1.82) is 0 Å². The molecule has 2 rings (SSSR count).